The van der Waals surface area contributed by atoms with Crippen molar-refractivity contribution in [2.45, 2.75) is 36.5 Å². The largest absolute Gasteiger partial charge is 0.325 e. The van der Waals surface area contributed by atoms with E-state index in [1.165, 1.54) is 28.2 Å². The Morgan fingerprint density at radius 1 is 1.11 bits per heavy atom. The van der Waals surface area contributed by atoms with Crippen molar-refractivity contribution >= 4 is 33.4 Å². The Balaban J connectivity index is 1.95. The number of amides is 1. The molecule has 0 aliphatic heterocycles. The van der Waals surface area contributed by atoms with Crippen LogP contribution in [0.2, 0.25) is 0 Å². The van der Waals surface area contributed by atoms with Gasteiger partial charge in [-0.25, -0.2) is 12.7 Å². The zero-order valence-corrected chi connectivity index (χ0v) is 17.6. The molecule has 0 saturated heterocycles. The molecule has 0 fully saturated rings. The minimum absolute atomic E-state index is 0.126. The van der Waals surface area contributed by atoms with Gasteiger partial charge in [-0.15, -0.1) is 11.8 Å². The lowest BCUT2D eigenvalue weighted by atomic mass is 10.2. The van der Waals surface area contributed by atoms with Crippen LogP contribution in [0.25, 0.3) is 0 Å². The Kier molecular flexibility index (Phi) is 7.89. The highest BCUT2D eigenvalue weighted by atomic mass is 32.2. The van der Waals surface area contributed by atoms with Crippen LogP contribution < -0.4 is 5.32 Å². The van der Waals surface area contributed by atoms with Gasteiger partial charge in [-0.3, -0.25) is 4.79 Å². The summed E-state index contributed by atoms with van der Waals surface area (Å²) in [5.74, 6) is 0.170. The number of rotatable bonds is 9. The molecule has 2 aromatic rings. The predicted molar refractivity (Wildman–Crippen MR) is 112 cm³/mol. The highest BCUT2D eigenvalue weighted by molar-refractivity contribution is 8.00. The van der Waals surface area contributed by atoms with Crippen molar-refractivity contribution in [3.05, 3.63) is 54.1 Å². The van der Waals surface area contributed by atoms with Crippen molar-refractivity contribution in [1.82, 2.24) is 4.31 Å². The standard InChI is InChI=1S/C20H26N2O3S2/c1-4-5-14-22(3)27(24,25)18-12-10-17(11-13-18)21-20(23)15-26-19-9-7-6-8-16(19)2/h6-13H,4-5,14-15H2,1-3H3,(H,21,23). The molecule has 0 atom stereocenters. The Morgan fingerprint density at radius 2 is 1.78 bits per heavy atom. The van der Waals surface area contributed by atoms with E-state index in [9.17, 15) is 13.2 Å². The molecule has 1 amide bonds. The SMILES string of the molecule is CCCCN(C)S(=O)(=O)c1ccc(NC(=O)CSc2ccccc2C)cc1. The first-order chi connectivity index (χ1) is 12.8. The summed E-state index contributed by atoms with van der Waals surface area (Å²) < 4.78 is 26.4. The van der Waals surface area contributed by atoms with Crippen molar-refractivity contribution < 1.29 is 13.2 Å². The molecule has 0 saturated carbocycles. The third kappa shape index (κ3) is 6.09. The third-order valence-corrected chi connectivity index (χ3v) is 7.17. The van der Waals surface area contributed by atoms with Crippen LogP contribution in [-0.2, 0) is 14.8 Å². The fourth-order valence-corrected chi connectivity index (χ4v) is 4.49. The highest BCUT2D eigenvalue weighted by Crippen LogP contribution is 2.22. The lowest BCUT2D eigenvalue weighted by molar-refractivity contribution is -0.113. The van der Waals surface area contributed by atoms with E-state index in [-0.39, 0.29) is 10.8 Å². The molecule has 1 N–H and O–H groups in total. The van der Waals surface area contributed by atoms with Crippen molar-refractivity contribution in [2.75, 3.05) is 24.7 Å². The summed E-state index contributed by atoms with van der Waals surface area (Å²) in [5.41, 5.74) is 1.72. The van der Waals surface area contributed by atoms with Crippen LogP contribution in [0.3, 0.4) is 0 Å². The van der Waals surface area contributed by atoms with Crippen LogP contribution in [0.5, 0.6) is 0 Å². The van der Waals surface area contributed by atoms with Gasteiger partial charge in [-0.1, -0.05) is 31.5 Å². The zero-order valence-electron chi connectivity index (χ0n) is 15.9. The first kappa shape index (κ1) is 21.5. The summed E-state index contributed by atoms with van der Waals surface area (Å²) in [4.78, 5) is 13.5. The number of unbranched alkanes of at least 4 members (excludes halogenated alkanes) is 1. The summed E-state index contributed by atoms with van der Waals surface area (Å²) in [6.45, 7) is 4.53. The van der Waals surface area contributed by atoms with Gasteiger partial charge in [0.15, 0.2) is 0 Å². The van der Waals surface area contributed by atoms with Crippen LogP contribution in [0.15, 0.2) is 58.3 Å². The predicted octanol–water partition coefficient (Wildman–Crippen LogP) is 4.15. The summed E-state index contributed by atoms with van der Waals surface area (Å²) >= 11 is 1.48. The van der Waals surface area contributed by atoms with E-state index in [0.29, 0.717) is 18.0 Å². The molecule has 0 unspecified atom stereocenters. The molecule has 0 aromatic heterocycles. The van der Waals surface area contributed by atoms with E-state index in [0.717, 1.165) is 23.3 Å². The Labute approximate surface area is 166 Å². The zero-order chi connectivity index (χ0) is 19.9. The molecular formula is C20H26N2O3S2. The van der Waals surface area contributed by atoms with Crippen molar-refractivity contribution in [2.24, 2.45) is 0 Å². The van der Waals surface area contributed by atoms with Gasteiger partial charge >= 0.3 is 0 Å². The van der Waals surface area contributed by atoms with Gasteiger partial charge in [0.1, 0.15) is 0 Å². The van der Waals surface area contributed by atoms with Crippen LogP contribution in [0, 0.1) is 6.92 Å². The normalized spacial score (nSPS) is 11.6. The number of hydrogen-bond donors (Lipinski definition) is 1. The number of thioether (sulfide) groups is 1. The van der Waals surface area contributed by atoms with Crippen LogP contribution >= 0.6 is 11.8 Å². The first-order valence-corrected chi connectivity index (χ1v) is 11.3. The van der Waals surface area contributed by atoms with Gasteiger partial charge in [0.05, 0.1) is 10.6 Å². The molecule has 0 radical (unpaired) electrons. The van der Waals surface area contributed by atoms with Crippen LogP contribution in [0.4, 0.5) is 5.69 Å². The highest BCUT2D eigenvalue weighted by Gasteiger charge is 2.20. The number of sulfonamides is 1. The molecule has 27 heavy (non-hydrogen) atoms. The average Bonchev–Trinajstić information content (AvgIpc) is 2.65. The second-order valence-electron chi connectivity index (χ2n) is 6.31. The van der Waals surface area contributed by atoms with Gasteiger partial charge in [0.2, 0.25) is 15.9 Å². The fourth-order valence-electron chi connectivity index (χ4n) is 2.45. The molecule has 146 valence electrons. The molecule has 2 rings (SSSR count). The van der Waals surface area contributed by atoms with Crippen molar-refractivity contribution in [3.63, 3.8) is 0 Å². The van der Waals surface area contributed by atoms with Crippen LogP contribution in [-0.4, -0.2) is 38.0 Å². The number of nitrogens with one attached hydrogen (secondary N) is 1. The van der Waals surface area contributed by atoms with Gasteiger partial charge in [-0.05, 0) is 49.2 Å². The monoisotopic (exact) mass is 406 g/mol. The lowest BCUT2D eigenvalue weighted by Gasteiger charge is -2.17. The van der Waals surface area contributed by atoms with E-state index in [4.69, 9.17) is 0 Å². The second-order valence-corrected chi connectivity index (χ2v) is 9.37. The molecule has 0 aliphatic rings. The van der Waals surface area contributed by atoms with Crippen LogP contribution in [0.1, 0.15) is 25.3 Å². The van der Waals surface area contributed by atoms with Gasteiger partial charge in [0, 0.05) is 24.2 Å². The Hall–Kier alpha value is -1.83. The second kappa shape index (κ2) is 9.92. The maximum atomic E-state index is 12.5. The van der Waals surface area contributed by atoms with Gasteiger partial charge in [0.25, 0.3) is 0 Å². The maximum Gasteiger partial charge on any atom is 0.242 e. The van der Waals surface area contributed by atoms with E-state index in [1.807, 2.05) is 38.1 Å². The smallest absolute Gasteiger partial charge is 0.242 e. The minimum atomic E-state index is -3.49. The van der Waals surface area contributed by atoms with Crippen molar-refractivity contribution in [1.29, 1.82) is 0 Å². The van der Waals surface area contributed by atoms with E-state index in [2.05, 4.69) is 5.32 Å². The van der Waals surface area contributed by atoms with E-state index >= 15 is 0 Å². The molecule has 7 heteroatoms. The summed E-state index contributed by atoms with van der Waals surface area (Å²) in [7, 11) is -1.90. The molecule has 2 aromatic carbocycles. The summed E-state index contributed by atoms with van der Waals surface area (Å²) in [6.07, 6.45) is 1.76. The quantitative estimate of drug-likeness (QED) is 0.636. The average molecular weight is 407 g/mol. The molecule has 0 spiro atoms. The molecule has 0 heterocycles. The number of anilines is 1. The molecule has 0 aliphatic carbocycles. The Morgan fingerprint density at radius 3 is 2.41 bits per heavy atom. The summed E-state index contributed by atoms with van der Waals surface area (Å²) in [5, 5.41) is 2.81. The number of carbonyl (C=O) groups excluding carboxylic acids is 1. The number of aryl methyl sites for hydroxylation is 1. The topological polar surface area (TPSA) is 66.5 Å². The third-order valence-electron chi connectivity index (χ3n) is 4.13. The fraction of sp³-hybridized carbons (Fsp3) is 0.350. The first-order valence-electron chi connectivity index (χ1n) is 8.89. The number of benzene rings is 2. The van der Waals surface area contributed by atoms with Gasteiger partial charge in [-0.2, -0.15) is 0 Å². The number of nitrogens with zero attached hydrogens (tertiary/aromatic N) is 1. The molecule has 0 bridgehead atoms. The number of hydrogen-bond acceptors (Lipinski definition) is 4. The lowest BCUT2D eigenvalue weighted by Crippen LogP contribution is -2.27. The molecular weight excluding hydrogens is 380 g/mol. The molecule has 5 nitrogen and oxygen atoms in total. The van der Waals surface area contributed by atoms with E-state index < -0.39 is 10.0 Å². The number of carbonyl (C=O) groups is 1. The maximum absolute atomic E-state index is 12.5. The summed E-state index contributed by atoms with van der Waals surface area (Å²) in [6, 6.07) is 14.2. The van der Waals surface area contributed by atoms with E-state index in [1.54, 1.807) is 19.2 Å². The minimum Gasteiger partial charge on any atom is -0.325 e. The Bertz CT molecular complexity index is 865. The van der Waals surface area contributed by atoms with Gasteiger partial charge < -0.3 is 5.32 Å². The van der Waals surface area contributed by atoms with Crippen molar-refractivity contribution in [3.8, 4) is 0 Å².